The van der Waals surface area contributed by atoms with Gasteiger partial charge in [-0.1, -0.05) is 37.3 Å². The number of carbonyl (C=O) groups is 1. The summed E-state index contributed by atoms with van der Waals surface area (Å²) in [4.78, 5) is 12.6. The van der Waals surface area contributed by atoms with Gasteiger partial charge in [-0.3, -0.25) is 4.79 Å². The number of carbonyl (C=O) groups excluding carboxylic acids is 1. The van der Waals surface area contributed by atoms with Gasteiger partial charge in [0, 0.05) is 5.69 Å². The summed E-state index contributed by atoms with van der Waals surface area (Å²) in [5.41, 5.74) is 2.91. The van der Waals surface area contributed by atoms with Crippen LogP contribution >= 0.6 is 0 Å². The third-order valence-corrected chi connectivity index (χ3v) is 3.73. The number of ether oxygens (including phenoxy) is 2. The predicted octanol–water partition coefficient (Wildman–Crippen LogP) is 4.11. The Kier molecular flexibility index (Phi) is 5.63. The molecule has 0 heterocycles. The molecule has 1 atom stereocenters. The molecule has 4 heteroatoms. The van der Waals surface area contributed by atoms with Crippen LogP contribution in [0.15, 0.2) is 42.5 Å². The van der Waals surface area contributed by atoms with Crippen LogP contribution in [0.4, 0.5) is 5.69 Å². The second-order valence-electron chi connectivity index (χ2n) is 5.42. The van der Waals surface area contributed by atoms with E-state index >= 15 is 0 Å². The summed E-state index contributed by atoms with van der Waals surface area (Å²) in [5.74, 6) is 1.03. The van der Waals surface area contributed by atoms with Gasteiger partial charge in [0.05, 0.1) is 7.11 Å². The molecule has 4 nitrogen and oxygen atoms in total. The Balaban J connectivity index is 2.16. The molecule has 0 aliphatic carbocycles. The first-order valence-electron chi connectivity index (χ1n) is 7.73. The Labute approximate surface area is 137 Å². The maximum Gasteiger partial charge on any atom is 0.265 e. The van der Waals surface area contributed by atoms with Crippen LogP contribution < -0.4 is 14.8 Å². The Bertz CT molecular complexity index is 662. The van der Waals surface area contributed by atoms with E-state index in [-0.39, 0.29) is 5.91 Å². The Morgan fingerprint density at radius 1 is 1.04 bits per heavy atom. The zero-order valence-corrected chi connectivity index (χ0v) is 14.1. The van der Waals surface area contributed by atoms with Crippen LogP contribution in [-0.2, 0) is 4.79 Å². The molecule has 0 aliphatic rings. The van der Waals surface area contributed by atoms with Crippen molar-refractivity contribution in [3.05, 3.63) is 53.6 Å². The van der Waals surface area contributed by atoms with E-state index in [9.17, 15) is 4.79 Å². The van der Waals surface area contributed by atoms with Gasteiger partial charge in [-0.2, -0.15) is 0 Å². The van der Waals surface area contributed by atoms with Crippen LogP contribution in [0.5, 0.6) is 11.5 Å². The second kappa shape index (κ2) is 7.68. The summed E-state index contributed by atoms with van der Waals surface area (Å²) < 4.78 is 11.1. The molecule has 2 aromatic rings. The van der Waals surface area contributed by atoms with E-state index in [4.69, 9.17) is 9.47 Å². The highest BCUT2D eigenvalue weighted by atomic mass is 16.5. The van der Waals surface area contributed by atoms with Crippen molar-refractivity contribution in [1.82, 2.24) is 0 Å². The quantitative estimate of drug-likeness (QED) is 0.873. The van der Waals surface area contributed by atoms with Crippen molar-refractivity contribution in [1.29, 1.82) is 0 Å². The molecule has 0 bridgehead atoms. The topological polar surface area (TPSA) is 47.6 Å². The number of nitrogens with one attached hydrogen (secondary N) is 1. The molecular weight excluding hydrogens is 290 g/mol. The minimum atomic E-state index is -0.578. The molecular formula is C19H23NO3. The summed E-state index contributed by atoms with van der Waals surface area (Å²) in [6, 6.07) is 13.3. The monoisotopic (exact) mass is 313 g/mol. The van der Waals surface area contributed by atoms with Crippen molar-refractivity contribution >= 4 is 11.6 Å². The molecule has 0 unspecified atom stereocenters. The molecule has 1 amide bonds. The molecule has 0 saturated heterocycles. The van der Waals surface area contributed by atoms with E-state index in [1.165, 1.54) is 0 Å². The molecule has 0 aliphatic heterocycles. The zero-order valence-electron chi connectivity index (χ0n) is 14.1. The molecule has 0 radical (unpaired) electrons. The van der Waals surface area contributed by atoms with Crippen molar-refractivity contribution in [2.75, 3.05) is 12.4 Å². The van der Waals surface area contributed by atoms with E-state index in [1.54, 1.807) is 13.2 Å². The molecule has 1 N–H and O–H groups in total. The van der Waals surface area contributed by atoms with Gasteiger partial charge in [-0.25, -0.2) is 0 Å². The van der Waals surface area contributed by atoms with Crippen molar-refractivity contribution in [3.63, 3.8) is 0 Å². The Hall–Kier alpha value is -2.49. The molecule has 0 aromatic heterocycles. The van der Waals surface area contributed by atoms with E-state index in [1.807, 2.05) is 57.2 Å². The van der Waals surface area contributed by atoms with Gasteiger partial charge in [-0.05, 0) is 43.5 Å². The summed E-state index contributed by atoms with van der Waals surface area (Å²) >= 11 is 0. The SMILES string of the molecule is CC[C@H](Oc1ccccc1OC)C(=O)Nc1c(C)cccc1C. The van der Waals surface area contributed by atoms with Gasteiger partial charge in [0.25, 0.3) is 5.91 Å². The van der Waals surface area contributed by atoms with Crippen LogP contribution in [0.3, 0.4) is 0 Å². The number of para-hydroxylation sites is 3. The number of methoxy groups -OCH3 is 1. The van der Waals surface area contributed by atoms with E-state index in [2.05, 4.69) is 5.32 Å². The van der Waals surface area contributed by atoms with Crippen molar-refractivity contribution in [2.24, 2.45) is 0 Å². The first kappa shape index (κ1) is 16.9. The lowest BCUT2D eigenvalue weighted by atomic mass is 10.1. The maximum atomic E-state index is 12.6. The van der Waals surface area contributed by atoms with Crippen LogP contribution in [-0.4, -0.2) is 19.1 Å². The van der Waals surface area contributed by atoms with Gasteiger partial charge in [0.15, 0.2) is 17.6 Å². The standard InChI is InChI=1S/C19H23NO3/c1-5-15(23-17-12-7-6-11-16(17)22-4)19(21)20-18-13(2)9-8-10-14(18)3/h6-12,15H,5H2,1-4H3,(H,20,21)/t15-/m0/s1. The highest BCUT2D eigenvalue weighted by Crippen LogP contribution is 2.28. The van der Waals surface area contributed by atoms with Gasteiger partial charge in [0.2, 0.25) is 0 Å². The first-order valence-corrected chi connectivity index (χ1v) is 7.73. The lowest BCUT2D eigenvalue weighted by Crippen LogP contribution is -2.33. The minimum absolute atomic E-state index is 0.157. The molecule has 2 rings (SSSR count). The van der Waals surface area contributed by atoms with Gasteiger partial charge in [0.1, 0.15) is 0 Å². The molecule has 0 fully saturated rings. The largest absolute Gasteiger partial charge is 0.493 e. The van der Waals surface area contributed by atoms with Crippen LogP contribution in [0.1, 0.15) is 24.5 Å². The maximum absolute atomic E-state index is 12.6. The normalized spacial score (nSPS) is 11.7. The van der Waals surface area contributed by atoms with Gasteiger partial charge >= 0.3 is 0 Å². The minimum Gasteiger partial charge on any atom is -0.493 e. The van der Waals surface area contributed by atoms with Crippen molar-refractivity contribution in [3.8, 4) is 11.5 Å². The number of rotatable bonds is 6. The van der Waals surface area contributed by atoms with Crippen LogP contribution in [0, 0.1) is 13.8 Å². The highest BCUT2D eigenvalue weighted by Gasteiger charge is 2.21. The average Bonchev–Trinajstić information content (AvgIpc) is 2.56. The fourth-order valence-corrected chi connectivity index (χ4v) is 2.41. The lowest BCUT2D eigenvalue weighted by molar-refractivity contribution is -0.122. The van der Waals surface area contributed by atoms with Crippen LogP contribution in [0.25, 0.3) is 0 Å². The van der Waals surface area contributed by atoms with Gasteiger partial charge in [-0.15, -0.1) is 0 Å². The smallest absolute Gasteiger partial charge is 0.265 e. The van der Waals surface area contributed by atoms with E-state index in [0.29, 0.717) is 17.9 Å². The highest BCUT2D eigenvalue weighted by molar-refractivity contribution is 5.95. The molecule has 23 heavy (non-hydrogen) atoms. The summed E-state index contributed by atoms with van der Waals surface area (Å²) in [5, 5.41) is 2.98. The number of benzene rings is 2. The predicted molar refractivity (Wildman–Crippen MR) is 92.2 cm³/mol. The number of aryl methyl sites for hydroxylation is 2. The molecule has 0 spiro atoms. The second-order valence-corrected chi connectivity index (χ2v) is 5.42. The number of anilines is 1. The fraction of sp³-hybridized carbons (Fsp3) is 0.316. The van der Waals surface area contributed by atoms with E-state index < -0.39 is 6.10 Å². The summed E-state index contributed by atoms with van der Waals surface area (Å²) in [7, 11) is 1.58. The Morgan fingerprint density at radius 2 is 1.65 bits per heavy atom. The van der Waals surface area contributed by atoms with Gasteiger partial charge < -0.3 is 14.8 Å². The third-order valence-electron chi connectivity index (χ3n) is 3.73. The van der Waals surface area contributed by atoms with Crippen LogP contribution in [0.2, 0.25) is 0 Å². The third kappa shape index (κ3) is 4.03. The number of hydrogen-bond acceptors (Lipinski definition) is 3. The van der Waals surface area contributed by atoms with Crippen molar-refractivity contribution < 1.29 is 14.3 Å². The first-order chi connectivity index (χ1) is 11.1. The Morgan fingerprint density at radius 3 is 2.22 bits per heavy atom. The summed E-state index contributed by atoms with van der Waals surface area (Å²) in [6.07, 6.45) is -0.0141. The summed E-state index contributed by atoms with van der Waals surface area (Å²) in [6.45, 7) is 5.87. The molecule has 2 aromatic carbocycles. The zero-order chi connectivity index (χ0) is 16.8. The fourth-order valence-electron chi connectivity index (χ4n) is 2.41. The molecule has 0 saturated carbocycles. The molecule has 122 valence electrons. The van der Waals surface area contributed by atoms with E-state index in [0.717, 1.165) is 16.8 Å². The average molecular weight is 313 g/mol. The van der Waals surface area contributed by atoms with Crippen molar-refractivity contribution in [2.45, 2.75) is 33.3 Å². The lowest BCUT2D eigenvalue weighted by Gasteiger charge is -2.20. The number of hydrogen-bond donors (Lipinski definition) is 1. The number of amides is 1.